The molecule has 0 saturated heterocycles. The van der Waals surface area contributed by atoms with E-state index in [9.17, 15) is 22.0 Å². The van der Waals surface area contributed by atoms with E-state index >= 15 is 0 Å². The second kappa shape index (κ2) is 4.78. The van der Waals surface area contributed by atoms with Crippen LogP contribution in [0.2, 0.25) is 0 Å². The molecule has 0 atom stereocenters. The van der Waals surface area contributed by atoms with Crippen LogP contribution in [-0.2, 0) is 12.7 Å². The number of alkyl halides is 5. The van der Waals surface area contributed by atoms with Gasteiger partial charge in [0.25, 0.3) is 6.43 Å². The van der Waals surface area contributed by atoms with Gasteiger partial charge in [-0.15, -0.1) is 0 Å². The normalized spacial score (nSPS) is 12.2. The van der Waals surface area contributed by atoms with Gasteiger partial charge in [0.1, 0.15) is 9.39 Å². The maximum Gasteiger partial charge on any atom is 0.418 e. The third-order valence-electron chi connectivity index (χ3n) is 1.81. The zero-order valence-electron chi connectivity index (χ0n) is 7.65. The lowest BCUT2D eigenvalue weighted by molar-refractivity contribution is -0.140. The molecule has 0 unspecified atom stereocenters. The van der Waals surface area contributed by atoms with Gasteiger partial charge in [-0.3, -0.25) is 0 Å². The number of halogens is 6. The first-order valence-corrected chi connectivity index (χ1v) is 5.10. The Morgan fingerprint density at radius 3 is 2.31 bits per heavy atom. The molecular weight excluding hydrogens is 346 g/mol. The number of rotatable bonds is 2. The Morgan fingerprint density at radius 1 is 1.38 bits per heavy atom. The molecule has 0 bridgehead atoms. The number of hydrogen-bond acceptors (Lipinski definition) is 2. The molecule has 16 heavy (non-hydrogen) atoms. The molecule has 0 amide bonds. The quantitative estimate of drug-likeness (QED) is 0.505. The van der Waals surface area contributed by atoms with Crippen LogP contribution in [0.1, 0.15) is 23.2 Å². The molecule has 2 N–H and O–H groups in total. The van der Waals surface area contributed by atoms with Gasteiger partial charge in [0.15, 0.2) is 0 Å². The Hall–Kier alpha value is -0.510. The van der Waals surface area contributed by atoms with Crippen molar-refractivity contribution in [2.24, 2.45) is 5.73 Å². The van der Waals surface area contributed by atoms with Crippen molar-refractivity contribution in [3.63, 3.8) is 0 Å². The molecule has 0 aliphatic carbocycles. The average Bonchev–Trinajstić information content (AvgIpc) is 2.14. The van der Waals surface area contributed by atoms with Crippen molar-refractivity contribution in [3.05, 3.63) is 26.6 Å². The van der Waals surface area contributed by atoms with Gasteiger partial charge in [-0.25, -0.2) is 13.8 Å². The zero-order chi connectivity index (χ0) is 12.5. The second-order valence-corrected chi connectivity index (χ2v) is 3.97. The van der Waals surface area contributed by atoms with E-state index in [1.54, 1.807) is 22.6 Å². The van der Waals surface area contributed by atoms with E-state index in [1.165, 1.54) is 0 Å². The van der Waals surface area contributed by atoms with Crippen molar-refractivity contribution in [3.8, 4) is 0 Å². The van der Waals surface area contributed by atoms with Crippen molar-refractivity contribution in [2.45, 2.75) is 19.1 Å². The van der Waals surface area contributed by atoms with Crippen LogP contribution < -0.4 is 5.73 Å². The van der Waals surface area contributed by atoms with Crippen molar-refractivity contribution in [2.75, 3.05) is 0 Å². The summed E-state index contributed by atoms with van der Waals surface area (Å²) in [6, 6.07) is 1.05. The van der Waals surface area contributed by atoms with Crippen molar-refractivity contribution in [1.82, 2.24) is 4.98 Å². The fraction of sp³-hybridized carbons (Fsp3) is 0.375. The summed E-state index contributed by atoms with van der Waals surface area (Å²) in [5.74, 6) is 0. The van der Waals surface area contributed by atoms with Crippen LogP contribution in [-0.4, -0.2) is 4.98 Å². The second-order valence-electron chi connectivity index (χ2n) is 2.87. The number of hydrogen-bond donors (Lipinski definition) is 1. The molecule has 1 rings (SSSR count). The minimum absolute atomic E-state index is 0.0568. The molecule has 2 nitrogen and oxygen atoms in total. The molecule has 0 saturated carbocycles. The summed E-state index contributed by atoms with van der Waals surface area (Å²) in [5, 5.41) is 0. The van der Waals surface area contributed by atoms with E-state index in [1.807, 2.05) is 0 Å². The summed E-state index contributed by atoms with van der Waals surface area (Å²) in [6.45, 7) is -0.465. The molecule has 0 radical (unpaired) electrons. The predicted molar refractivity (Wildman–Crippen MR) is 54.8 cm³/mol. The Labute approximate surface area is 101 Å². The maximum atomic E-state index is 12.6. The zero-order valence-corrected chi connectivity index (χ0v) is 9.81. The van der Waals surface area contributed by atoms with Crippen LogP contribution >= 0.6 is 22.6 Å². The summed E-state index contributed by atoms with van der Waals surface area (Å²) < 4.78 is 62.6. The Morgan fingerprint density at radius 2 is 1.94 bits per heavy atom. The van der Waals surface area contributed by atoms with Gasteiger partial charge in [0, 0.05) is 6.54 Å². The number of nitrogens with zero attached hydrogens (tertiary/aromatic N) is 1. The minimum atomic E-state index is -4.88. The fourth-order valence-electron chi connectivity index (χ4n) is 1.23. The van der Waals surface area contributed by atoms with Gasteiger partial charge < -0.3 is 5.73 Å². The Balaban J connectivity index is 3.52. The van der Waals surface area contributed by atoms with Crippen LogP contribution in [0.5, 0.6) is 0 Å². The largest absolute Gasteiger partial charge is 0.418 e. The molecule has 0 spiro atoms. The molecule has 0 aliphatic heterocycles. The van der Waals surface area contributed by atoms with Gasteiger partial charge in [-0.1, -0.05) is 0 Å². The molecule has 90 valence electrons. The van der Waals surface area contributed by atoms with E-state index in [2.05, 4.69) is 4.98 Å². The molecule has 0 fully saturated rings. The third-order valence-corrected chi connectivity index (χ3v) is 2.36. The number of aromatic nitrogens is 1. The van der Waals surface area contributed by atoms with Crippen molar-refractivity contribution >= 4 is 22.6 Å². The molecule has 1 aromatic heterocycles. The first-order valence-electron chi connectivity index (χ1n) is 4.02. The maximum absolute atomic E-state index is 12.6. The van der Waals surface area contributed by atoms with Gasteiger partial charge in [0.2, 0.25) is 0 Å². The highest BCUT2D eigenvalue weighted by molar-refractivity contribution is 14.1. The van der Waals surface area contributed by atoms with E-state index in [0.29, 0.717) is 0 Å². The highest BCUT2D eigenvalue weighted by atomic mass is 127. The van der Waals surface area contributed by atoms with Crippen LogP contribution in [0, 0.1) is 3.70 Å². The minimum Gasteiger partial charge on any atom is -0.326 e. The van der Waals surface area contributed by atoms with Crippen LogP contribution in [0.3, 0.4) is 0 Å². The van der Waals surface area contributed by atoms with E-state index < -0.39 is 30.4 Å². The molecule has 0 aliphatic rings. The van der Waals surface area contributed by atoms with E-state index in [0.717, 1.165) is 6.07 Å². The van der Waals surface area contributed by atoms with E-state index in [4.69, 9.17) is 5.73 Å². The van der Waals surface area contributed by atoms with Gasteiger partial charge >= 0.3 is 6.18 Å². The summed E-state index contributed by atoms with van der Waals surface area (Å²) >= 11 is 1.57. The smallest absolute Gasteiger partial charge is 0.326 e. The van der Waals surface area contributed by atoms with Crippen LogP contribution in [0.4, 0.5) is 22.0 Å². The highest BCUT2D eigenvalue weighted by Gasteiger charge is 2.39. The number of nitrogens with two attached hydrogens (primary N) is 1. The topological polar surface area (TPSA) is 38.9 Å². The standard InChI is InChI=1S/C8H6F5IN2/c9-7(10)6-5(8(11,12)13)3(2-15)1-4(14)16-6/h1,7H,2,15H2. The molecule has 1 aromatic rings. The van der Waals surface area contributed by atoms with Gasteiger partial charge in [-0.2, -0.15) is 13.2 Å². The van der Waals surface area contributed by atoms with E-state index in [-0.39, 0.29) is 9.26 Å². The van der Waals surface area contributed by atoms with Crippen LogP contribution in [0.15, 0.2) is 6.07 Å². The lowest BCUT2D eigenvalue weighted by Gasteiger charge is -2.15. The summed E-state index contributed by atoms with van der Waals surface area (Å²) in [7, 11) is 0. The van der Waals surface area contributed by atoms with Gasteiger partial charge in [0.05, 0.1) is 5.56 Å². The van der Waals surface area contributed by atoms with Crippen LogP contribution in [0.25, 0.3) is 0 Å². The summed E-state index contributed by atoms with van der Waals surface area (Å²) in [6.07, 6.45) is -8.16. The predicted octanol–water partition coefficient (Wildman–Crippen LogP) is 3.10. The van der Waals surface area contributed by atoms with Crippen molar-refractivity contribution < 1.29 is 22.0 Å². The molecule has 8 heteroatoms. The van der Waals surface area contributed by atoms with Gasteiger partial charge in [-0.05, 0) is 34.2 Å². The number of pyridine rings is 1. The molecule has 1 heterocycles. The Bertz CT molecular complexity index is 391. The highest BCUT2D eigenvalue weighted by Crippen LogP contribution is 2.38. The third kappa shape index (κ3) is 2.78. The fourth-order valence-corrected chi connectivity index (χ4v) is 1.87. The first-order chi connectivity index (χ1) is 7.27. The monoisotopic (exact) mass is 352 g/mol. The summed E-state index contributed by atoms with van der Waals surface area (Å²) in [4.78, 5) is 3.21. The lowest BCUT2D eigenvalue weighted by atomic mass is 10.1. The SMILES string of the molecule is NCc1cc(I)nc(C(F)F)c1C(F)(F)F. The first kappa shape index (κ1) is 13.6. The lowest BCUT2D eigenvalue weighted by Crippen LogP contribution is -2.17. The average molecular weight is 352 g/mol. The Kier molecular flexibility index (Phi) is 4.05. The molecule has 0 aromatic carbocycles. The molecular formula is C8H6F5IN2. The summed E-state index contributed by atoms with van der Waals surface area (Å²) in [5.41, 5.74) is 2.05. The van der Waals surface area contributed by atoms with Crippen molar-refractivity contribution in [1.29, 1.82) is 0 Å².